The standard InChI is InChI=1S/C17H30N4.HI/c1-5-15(6-2)13-21-17(19-7-3)20-11-9-16-8-10-18-12-14(16)4;/h8,10,12,15H,5-7,9,11,13H2,1-4H3,(H2,19,20,21);1H. The maximum absolute atomic E-state index is 4.69. The third-order valence-corrected chi connectivity index (χ3v) is 3.83. The van der Waals surface area contributed by atoms with Gasteiger partial charge >= 0.3 is 0 Å². The molecule has 1 aromatic heterocycles. The average Bonchev–Trinajstić information content (AvgIpc) is 2.50. The van der Waals surface area contributed by atoms with Crippen LogP contribution < -0.4 is 10.6 Å². The van der Waals surface area contributed by atoms with Crippen molar-refractivity contribution in [1.29, 1.82) is 0 Å². The van der Waals surface area contributed by atoms with E-state index in [4.69, 9.17) is 4.99 Å². The van der Waals surface area contributed by atoms with Crippen molar-refractivity contribution in [2.45, 2.75) is 47.0 Å². The molecule has 22 heavy (non-hydrogen) atoms. The van der Waals surface area contributed by atoms with Crippen LogP contribution in [-0.4, -0.2) is 30.6 Å². The molecule has 0 atom stereocenters. The molecule has 2 N–H and O–H groups in total. The van der Waals surface area contributed by atoms with Gasteiger partial charge in [-0.05, 0) is 43.4 Å². The van der Waals surface area contributed by atoms with Crippen molar-refractivity contribution >= 4 is 29.9 Å². The molecule has 1 aromatic rings. The summed E-state index contributed by atoms with van der Waals surface area (Å²) < 4.78 is 0. The predicted molar refractivity (Wildman–Crippen MR) is 106 cm³/mol. The van der Waals surface area contributed by atoms with Gasteiger partial charge in [-0.1, -0.05) is 26.7 Å². The second-order valence-corrected chi connectivity index (χ2v) is 5.38. The van der Waals surface area contributed by atoms with Crippen molar-refractivity contribution in [3.05, 3.63) is 29.6 Å². The van der Waals surface area contributed by atoms with E-state index in [9.17, 15) is 0 Å². The topological polar surface area (TPSA) is 49.3 Å². The molecule has 0 fully saturated rings. The highest BCUT2D eigenvalue weighted by molar-refractivity contribution is 14.0. The minimum atomic E-state index is 0. The minimum absolute atomic E-state index is 0. The molecule has 0 aliphatic carbocycles. The number of aliphatic imine (C=N–C) groups is 1. The Morgan fingerprint density at radius 1 is 1.23 bits per heavy atom. The van der Waals surface area contributed by atoms with E-state index >= 15 is 0 Å². The van der Waals surface area contributed by atoms with Gasteiger partial charge in [0.1, 0.15) is 0 Å². The summed E-state index contributed by atoms with van der Waals surface area (Å²) in [6, 6.07) is 2.09. The average molecular weight is 418 g/mol. The van der Waals surface area contributed by atoms with Gasteiger partial charge in [-0.3, -0.25) is 9.98 Å². The summed E-state index contributed by atoms with van der Waals surface area (Å²) in [6.45, 7) is 11.3. The number of guanidine groups is 1. The van der Waals surface area contributed by atoms with Crippen LogP contribution >= 0.6 is 24.0 Å². The van der Waals surface area contributed by atoms with E-state index in [0.717, 1.165) is 32.0 Å². The van der Waals surface area contributed by atoms with Crippen molar-refractivity contribution in [2.24, 2.45) is 10.9 Å². The van der Waals surface area contributed by atoms with Gasteiger partial charge in [0.2, 0.25) is 0 Å². The fourth-order valence-corrected chi connectivity index (χ4v) is 2.21. The van der Waals surface area contributed by atoms with E-state index in [1.54, 1.807) is 0 Å². The van der Waals surface area contributed by atoms with Crippen molar-refractivity contribution < 1.29 is 0 Å². The summed E-state index contributed by atoms with van der Waals surface area (Å²) in [7, 11) is 0. The number of nitrogens with one attached hydrogen (secondary N) is 2. The Labute approximate surface area is 152 Å². The summed E-state index contributed by atoms with van der Waals surface area (Å²) in [6.07, 6.45) is 7.14. The normalized spacial score (nSPS) is 11.2. The van der Waals surface area contributed by atoms with E-state index in [1.165, 1.54) is 24.0 Å². The van der Waals surface area contributed by atoms with Gasteiger partial charge in [-0.15, -0.1) is 24.0 Å². The first-order valence-corrected chi connectivity index (χ1v) is 8.12. The molecular formula is C17H31IN4. The number of nitrogens with zero attached hydrogens (tertiary/aromatic N) is 2. The SMILES string of the molecule is CCNC(=NCC(CC)CC)NCCc1ccncc1C.I. The number of halogens is 1. The molecule has 5 heteroatoms. The number of hydrogen-bond donors (Lipinski definition) is 2. The summed E-state index contributed by atoms with van der Waals surface area (Å²) in [5, 5.41) is 6.73. The molecular weight excluding hydrogens is 387 g/mol. The molecule has 0 saturated carbocycles. The van der Waals surface area contributed by atoms with Crippen molar-refractivity contribution in [3.8, 4) is 0 Å². The molecule has 0 aliphatic rings. The van der Waals surface area contributed by atoms with Crippen LogP contribution in [-0.2, 0) is 6.42 Å². The zero-order valence-electron chi connectivity index (χ0n) is 14.4. The van der Waals surface area contributed by atoms with E-state index in [1.807, 2.05) is 12.4 Å². The first kappa shape index (κ1) is 21.1. The van der Waals surface area contributed by atoms with Crippen LogP contribution in [0.25, 0.3) is 0 Å². The summed E-state index contributed by atoms with van der Waals surface area (Å²) in [4.78, 5) is 8.82. The van der Waals surface area contributed by atoms with Crippen LogP contribution in [0, 0.1) is 12.8 Å². The van der Waals surface area contributed by atoms with E-state index in [-0.39, 0.29) is 24.0 Å². The molecule has 4 nitrogen and oxygen atoms in total. The van der Waals surface area contributed by atoms with Crippen molar-refractivity contribution in [2.75, 3.05) is 19.6 Å². The molecule has 0 bridgehead atoms. The van der Waals surface area contributed by atoms with Crippen LogP contribution in [0.5, 0.6) is 0 Å². The lowest BCUT2D eigenvalue weighted by atomic mass is 10.0. The van der Waals surface area contributed by atoms with Crippen LogP contribution in [0.1, 0.15) is 44.7 Å². The number of aromatic nitrogens is 1. The number of aryl methyl sites for hydroxylation is 1. The maximum atomic E-state index is 4.69. The van der Waals surface area contributed by atoms with Crippen LogP contribution in [0.2, 0.25) is 0 Å². The van der Waals surface area contributed by atoms with Gasteiger partial charge in [-0.2, -0.15) is 0 Å². The highest BCUT2D eigenvalue weighted by Gasteiger charge is 2.04. The Kier molecular flexibility index (Phi) is 12.2. The minimum Gasteiger partial charge on any atom is -0.357 e. The molecule has 0 aromatic carbocycles. The maximum Gasteiger partial charge on any atom is 0.191 e. The fourth-order valence-electron chi connectivity index (χ4n) is 2.21. The highest BCUT2D eigenvalue weighted by atomic mass is 127. The molecule has 1 rings (SSSR count). The lowest BCUT2D eigenvalue weighted by Crippen LogP contribution is -2.38. The van der Waals surface area contributed by atoms with E-state index in [0.29, 0.717) is 5.92 Å². The molecule has 0 saturated heterocycles. The summed E-state index contributed by atoms with van der Waals surface area (Å²) in [5.41, 5.74) is 2.59. The Hall–Kier alpha value is -0.850. The number of rotatable bonds is 8. The summed E-state index contributed by atoms with van der Waals surface area (Å²) >= 11 is 0. The van der Waals surface area contributed by atoms with Gasteiger partial charge in [-0.25, -0.2) is 0 Å². The monoisotopic (exact) mass is 418 g/mol. The molecule has 0 amide bonds. The molecule has 1 heterocycles. The van der Waals surface area contributed by atoms with Gasteiger partial charge in [0.05, 0.1) is 0 Å². The van der Waals surface area contributed by atoms with Crippen LogP contribution in [0.3, 0.4) is 0 Å². The predicted octanol–water partition coefficient (Wildman–Crippen LogP) is 3.54. The summed E-state index contributed by atoms with van der Waals surface area (Å²) in [5.74, 6) is 1.61. The molecule has 0 unspecified atom stereocenters. The highest BCUT2D eigenvalue weighted by Crippen LogP contribution is 2.07. The molecule has 126 valence electrons. The molecule has 0 radical (unpaired) electrons. The van der Waals surface area contributed by atoms with Crippen LogP contribution in [0.4, 0.5) is 0 Å². The lowest BCUT2D eigenvalue weighted by molar-refractivity contribution is 0.504. The van der Waals surface area contributed by atoms with Gasteiger partial charge in [0, 0.05) is 32.0 Å². The zero-order valence-corrected chi connectivity index (χ0v) is 16.7. The molecule has 0 spiro atoms. The van der Waals surface area contributed by atoms with Gasteiger partial charge < -0.3 is 10.6 Å². The van der Waals surface area contributed by atoms with Crippen molar-refractivity contribution in [1.82, 2.24) is 15.6 Å². The zero-order chi connectivity index (χ0) is 15.5. The lowest BCUT2D eigenvalue weighted by Gasteiger charge is -2.14. The van der Waals surface area contributed by atoms with Crippen LogP contribution in [0.15, 0.2) is 23.5 Å². The second kappa shape index (κ2) is 12.7. The van der Waals surface area contributed by atoms with Crippen molar-refractivity contribution in [3.63, 3.8) is 0 Å². The molecule has 0 aliphatic heterocycles. The number of pyridine rings is 1. The second-order valence-electron chi connectivity index (χ2n) is 5.38. The largest absolute Gasteiger partial charge is 0.357 e. The van der Waals surface area contributed by atoms with E-state index < -0.39 is 0 Å². The first-order chi connectivity index (χ1) is 10.2. The Morgan fingerprint density at radius 3 is 2.55 bits per heavy atom. The third kappa shape index (κ3) is 7.96. The van der Waals surface area contributed by atoms with E-state index in [2.05, 4.69) is 49.4 Å². The first-order valence-electron chi connectivity index (χ1n) is 8.12. The Bertz CT molecular complexity index is 430. The third-order valence-electron chi connectivity index (χ3n) is 3.83. The van der Waals surface area contributed by atoms with Gasteiger partial charge in [0.15, 0.2) is 5.96 Å². The smallest absolute Gasteiger partial charge is 0.191 e. The fraction of sp³-hybridized carbons (Fsp3) is 0.647. The quantitative estimate of drug-likeness (QED) is 0.386. The Balaban J connectivity index is 0.00000441. The number of hydrogen-bond acceptors (Lipinski definition) is 2. The van der Waals surface area contributed by atoms with Gasteiger partial charge in [0.25, 0.3) is 0 Å². The Morgan fingerprint density at radius 2 is 1.95 bits per heavy atom.